The topological polar surface area (TPSA) is 108 Å². The second-order valence-electron chi connectivity index (χ2n) is 7.64. The number of piperidine rings is 1. The number of amides is 1. The van der Waals surface area contributed by atoms with Crippen LogP contribution < -0.4 is 14.2 Å². The number of hydrogen-bond acceptors (Lipinski definition) is 7. The molecule has 9 heteroatoms. The van der Waals surface area contributed by atoms with Gasteiger partial charge in [-0.1, -0.05) is 12.1 Å². The van der Waals surface area contributed by atoms with Crippen LogP contribution in [0.3, 0.4) is 0 Å². The molecule has 0 radical (unpaired) electrons. The minimum atomic E-state index is -0.647. The van der Waals surface area contributed by atoms with E-state index in [-0.39, 0.29) is 36.2 Å². The quantitative estimate of drug-likeness (QED) is 0.534. The van der Waals surface area contributed by atoms with Crippen LogP contribution in [0.5, 0.6) is 17.2 Å². The summed E-state index contributed by atoms with van der Waals surface area (Å²) in [5.41, 5.74) is -0.286. The molecule has 2 heterocycles. The van der Waals surface area contributed by atoms with Crippen LogP contribution in [-0.2, 0) is 4.79 Å². The largest absolute Gasteiger partial charge is 0.497 e. The summed E-state index contributed by atoms with van der Waals surface area (Å²) in [4.78, 5) is 37.4. The number of carbonyl (C=O) groups excluding carboxylic acids is 2. The van der Waals surface area contributed by atoms with Crippen molar-refractivity contribution in [3.63, 3.8) is 0 Å². The zero-order valence-electron chi connectivity index (χ0n) is 17.0. The molecule has 2 aromatic rings. The van der Waals surface area contributed by atoms with Crippen LogP contribution in [0.15, 0.2) is 42.5 Å². The van der Waals surface area contributed by atoms with Crippen molar-refractivity contribution in [3.05, 3.63) is 58.1 Å². The van der Waals surface area contributed by atoms with Gasteiger partial charge in [0.2, 0.25) is 0 Å². The molecule has 1 saturated heterocycles. The maximum Gasteiger partial charge on any atom is 0.310 e. The molecule has 2 aliphatic rings. The summed E-state index contributed by atoms with van der Waals surface area (Å²) in [6.07, 6.45) is 1.28. The third-order valence-electron chi connectivity index (χ3n) is 5.74. The third kappa shape index (κ3) is 4.16. The Kier molecular flexibility index (Phi) is 5.50. The van der Waals surface area contributed by atoms with Crippen molar-refractivity contribution < 1.29 is 28.7 Å². The predicted octanol–water partition coefficient (Wildman–Crippen LogP) is 3.01. The highest BCUT2D eigenvalue weighted by Gasteiger charge is 2.43. The number of nitro benzene ring substituents is 1. The minimum absolute atomic E-state index is 0.0170. The van der Waals surface area contributed by atoms with E-state index in [9.17, 15) is 19.7 Å². The van der Waals surface area contributed by atoms with Gasteiger partial charge in [0.1, 0.15) is 17.1 Å². The molecule has 0 unspecified atom stereocenters. The Morgan fingerprint density at radius 3 is 2.68 bits per heavy atom. The molecule has 2 aromatic carbocycles. The van der Waals surface area contributed by atoms with E-state index in [4.69, 9.17) is 14.2 Å². The molecule has 0 bridgehead atoms. The fourth-order valence-corrected chi connectivity index (χ4v) is 4.00. The Bertz CT molecular complexity index is 1030. The zero-order valence-corrected chi connectivity index (χ0v) is 17.0. The van der Waals surface area contributed by atoms with Crippen molar-refractivity contribution in [3.8, 4) is 17.2 Å². The van der Waals surface area contributed by atoms with Gasteiger partial charge in [0.25, 0.3) is 5.91 Å². The molecule has 1 amide bonds. The fraction of sp³-hybridized carbons (Fsp3) is 0.364. The monoisotopic (exact) mass is 426 g/mol. The number of likely N-dealkylation sites (tertiary alicyclic amines) is 1. The number of rotatable bonds is 5. The van der Waals surface area contributed by atoms with Gasteiger partial charge in [-0.15, -0.1) is 0 Å². The van der Waals surface area contributed by atoms with Crippen molar-refractivity contribution in [1.82, 2.24) is 4.90 Å². The first-order chi connectivity index (χ1) is 14.9. The van der Waals surface area contributed by atoms with E-state index in [1.807, 2.05) is 0 Å². The molecule has 0 atom stereocenters. The maximum absolute atomic E-state index is 12.6. The van der Waals surface area contributed by atoms with Gasteiger partial charge >= 0.3 is 5.69 Å². The highest BCUT2D eigenvalue weighted by atomic mass is 16.6. The molecule has 31 heavy (non-hydrogen) atoms. The number of ether oxygens (including phenoxy) is 3. The van der Waals surface area contributed by atoms with Crippen molar-refractivity contribution in [1.29, 1.82) is 0 Å². The molecule has 1 spiro atoms. The van der Waals surface area contributed by atoms with E-state index in [1.54, 1.807) is 36.3 Å². The smallest absolute Gasteiger partial charge is 0.310 e. The zero-order chi connectivity index (χ0) is 22.0. The lowest BCUT2D eigenvalue weighted by atomic mass is 9.82. The number of para-hydroxylation sites is 2. The summed E-state index contributed by atoms with van der Waals surface area (Å²) in [6.45, 7) is 0.523. The number of nitro groups is 1. The van der Waals surface area contributed by atoms with Gasteiger partial charge in [-0.05, 0) is 18.2 Å². The first-order valence-corrected chi connectivity index (χ1v) is 9.95. The minimum Gasteiger partial charge on any atom is -0.497 e. The van der Waals surface area contributed by atoms with Crippen molar-refractivity contribution >= 4 is 17.4 Å². The lowest BCUT2D eigenvalue weighted by molar-refractivity contribution is -0.385. The number of methoxy groups -OCH3 is 1. The Hall–Kier alpha value is -3.62. The molecule has 0 aliphatic carbocycles. The number of carbonyl (C=O) groups is 2. The van der Waals surface area contributed by atoms with Crippen molar-refractivity contribution in [2.75, 3.05) is 26.8 Å². The Morgan fingerprint density at radius 1 is 1.23 bits per heavy atom. The molecule has 2 aliphatic heterocycles. The summed E-state index contributed by atoms with van der Waals surface area (Å²) in [5.74, 6) is 0.931. The molecule has 0 saturated carbocycles. The summed E-state index contributed by atoms with van der Waals surface area (Å²) >= 11 is 0. The average molecular weight is 426 g/mol. The molecule has 0 aromatic heterocycles. The second-order valence-corrected chi connectivity index (χ2v) is 7.64. The van der Waals surface area contributed by atoms with E-state index in [0.717, 1.165) is 0 Å². The van der Waals surface area contributed by atoms with Gasteiger partial charge in [0.05, 0.1) is 24.0 Å². The first-order valence-electron chi connectivity index (χ1n) is 9.95. The molecule has 9 nitrogen and oxygen atoms in total. The Labute approximate surface area is 178 Å². The molecule has 0 N–H and O–H groups in total. The van der Waals surface area contributed by atoms with Crippen LogP contribution in [0.25, 0.3) is 0 Å². The van der Waals surface area contributed by atoms with Crippen LogP contribution in [0.2, 0.25) is 0 Å². The Morgan fingerprint density at radius 2 is 1.97 bits per heavy atom. The SMILES string of the molecule is COc1ccc2c(c1)OC1(CCN(C(=O)COc3ccccc3[N+](=O)[O-])CC1)CC2=O. The summed E-state index contributed by atoms with van der Waals surface area (Å²) in [6, 6.07) is 11.1. The predicted molar refractivity (Wildman–Crippen MR) is 110 cm³/mol. The van der Waals surface area contributed by atoms with Crippen LogP contribution in [0, 0.1) is 10.1 Å². The van der Waals surface area contributed by atoms with Crippen LogP contribution in [0.4, 0.5) is 5.69 Å². The lowest BCUT2D eigenvalue weighted by Gasteiger charge is -2.43. The average Bonchev–Trinajstić information content (AvgIpc) is 2.77. The van der Waals surface area contributed by atoms with E-state index in [1.165, 1.54) is 18.2 Å². The number of benzene rings is 2. The van der Waals surface area contributed by atoms with Gasteiger partial charge in [0, 0.05) is 38.1 Å². The number of ketones is 1. The van der Waals surface area contributed by atoms with Crippen molar-refractivity contribution in [2.45, 2.75) is 24.9 Å². The number of nitrogens with zero attached hydrogens (tertiary/aromatic N) is 2. The fourth-order valence-electron chi connectivity index (χ4n) is 4.00. The summed E-state index contributed by atoms with van der Waals surface area (Å²) in [7, 11) is 1.55. The lowest BCUT2D eigenvalue weighted by Crippen LogP contribution is -2.53. The maximum atomic E-state index is 12.6. The highest BCUT2D eigenvalue weighted by Crippen LogP contribution is 2.40. The van der Waals surface area contributed by atoms with Gasteiger partial charge < -0.3 is 19.1 Å². The third-order valence-corrected chi connectivity index (χ3v) is 5.74. The van der Waals surface area contributed by atoms with Crippen LogP contribution in [0.1, 0.15) is 29.6 Å². The molecule has 162 valence electrons. The van der Waals surface area contributed by atoms with E-state index >= 15 is 0 Å². The second kappa shape index (κ2) is 8.25. The van der Waals surface area contributed by atoms with Gasteiger partial charge in [0.15, 0.2) is 18.1 Å². The van der Waals surface area contributed by atoms with Gasteiger partial charge in [-0.2, -0.15) is 0 Å². The van der Waals surface area contributed by atoms with Crippen molar-refractivity contribution in [2.24, 2.45) is 0 Å². The van der Waals surface area contributed by atoms with E-state index < -0.39 is 10.5 Å². The normalized spacial score (nSPS) is 16.9. The van der Waals surface area contributed by atoms with E-state index in [2.05, 4.69) is 0 Å². The van der Waals surface area contributed by atoms with Crippen LogP contribution in [-0.4, -0.2) is 53.9 Å². The summed E-state index contributed by atoms with van der Waals surface area (Å²) in [5, 5.41) is 11.1. The molecule has 4 rings (SSSR count). The van der Waals surface area contributed by atoms with Crippen LogP contribution >= 0.6 is 0 Å². The molecular formula is C22H22N2O7. The van der Waals surface area contributed by atoms with Gasteiger partial charge in [-0.25, -0.2) is 0 Å². The highest BCUT2D eigenvalue weighted by molar-refractivity contribution is 6.00. The molecule has 1 fully saturated rings. The number of Topliss-reactive ketones (excluding diaryl/α,β-unsaturated/α-hetero) is 1. The molecular weight excluding hydrogens is 404 g/mol. The Balaban J connectivity index is 1.38. The number of fused-ring (bicyclic) bond motifs is 1. The summed E-state index contributed by atoms with van der Waals surface area (Å²) < 4.78 is 16.9. The van der Waals surface area contributed by atoms with Gasteiger partial charge in [-0.3, -0.25) is 19.7 Å². The first kappa shape index (κ1) is 20.6. The van der Waals surface area contributed by atoms with E-state index in [0.29, 0.717) is 43.0 Å². The number of hydrogen-bond donors (Lipinski definition) is 0. The standard InChI is InChI=1S/C22H22N2O7/c1-29-15-6-7-16-18(25)13-22(31-20(16)12-15)8-10-23(11-9-22)21(26)14-30-19-5-3-2-4-17(19)24(27)28/h2-7,12H,8-11,13-14H2,1H3.